The molecule has 1 aliphatic rings. The summed E-state index contributed by atoms with van der Waals surface area (Å²) in [5, 5.41) is 7.20. The van der Waals surface area contributed by atoms with Crippen molar-refractivity contribution in [3.63, 3.8) is 0 Å². The molecule has 5 rings (SSSR count). The standard InChI is InChI=1S/C21H21N7O2/c1-27-13-14(11-25-27)19-16(22-8-9-23-19)12-24-20(29)17-6-4-10-28(17)21-26-15-5-2-3-7-18(15)30-21/h2-3,5,7-9,11,13,17H,4,6,10,12H2,1H3,(H,24,29)/t17-/m0/s1. The molecule has 0 unspecified atom stereocenters. The number of carbonyl (C=O) groups excluding carboxylic acids is 1. The maximum absolute atomic E-state index is 13.0. The Morgan fingerprint density at radius 3 is 2.97 bits per heavy atom. The van der Waals surface area contributed by atoms with E-state index in [2.05, 4.69) is 25.4 Å². The highest BCUT2D eigenvalue weighted by Crippen LogP contribution is 2.28. The Hall–Kier alpha value is -3.75. The van der Waals surface area contributed by atoms with Crippen LogP contribution in [-0.2, 0) is 18.4 Å². The van der Waals surface area contributed by atoms with E-state index in [1.807, 2.05) is 42.4 Å². The summed E-state index contributed by atoms with van der Waals surface area (Å²) in [5.74, 6) is -0.0717. The zero-order chi connectivity index (χ0) is 20.5. The number of anilines is 1. The Labute approximate surface area is 172 Å². The molecule has 1 N–H and O–H groups in total. The van der Waals surface area contributed by atoms with E-state index in [9.17, 15) is 4.79 Å². The number of nitrogens with one attached hydrogen (secondary N) is 1. The predicted molar refractivity (Wildman–Crippen MR) is 110 cm³/mol. The van der Waals surface area contributed by atoms with Crippen molar-refractivity contribution in [2.45, 2.75) is 25.4 Å². The number of para-hydroxylation sites is 2. The smallest absolute Gasteiger partial charge is 0.299 e. The van der Waals surface area contributed by atoms with Crippen molar-refractivity contribution in [3.05, 3.63) is 54.7 Å². The molecule has 30 heavy (non-hydrogen) atoms. The Balaban J connectivity index is 1.32. The molecule has 1 aromatic carbocycles. The van der Waals surface area contributed by atoms with Gasteiger partial charge in [-0.25, -0.2) is 0 Å². The second kappa shape index (κ2) is 7.58. The van der Waals surface area contributed by atoms with Crippen molar-refractivity contribution in [2.75, 3.05) is 11.4 Å². The number of hydrogen-bond donors (Lipinski definition) is 1. The summed E-state index contributed by atoms with van der Waals surface area (Å²) in [6.45, 7) is 1.02. The monoisotopic (exact) mass is 403 g/mol. The van der Waals surface area contributed by atoms with E-state index in [1.165, 1.54) is 0 Å². The summed E-state index contributed by atoms with van der Waals surface area (Å²) in [6, 6.07) is 7.78. The molecule has 0 bridgehead atoms. The molecule has 1 fully saturated rings. The van der Waals surface area contributed by atoms with Gasteiger partial charge in [0.2, 0.25) is 5.91 Å². The van der Waals surface area contributed by atoms with Crippen molar-refractivity contribution in [2.24, 2.45) is 7.05 Å². The number of rotatable bonds is 5. The van der Waals surface area contributed by atoms with E-state index in [4.69, 9.17) is 4.42 Å². The molecular weight excluding hydrogens is 382 g/mol. The van der Waals surface area contributed by atoms with E-state index in [1.54, 1.807) is 23.3 Å². The molecule has 0 aliphatic carbocycles. The third-order valence-electron chi connectivity index (χ3n) is 5.27. The minimum atomic E-state index is -0.323. The third kappa shape index (κ3) is 3.38. The Bertz CT molecular complexity index is 1170. The molecule has 1 atom stereocenters. The molecule has 4 aromatic rings. The quantitative estimate of drug-likeness (QED) is 0.545. The van der Waals surface area contributed by atoms with Gasteiger partial charge in [0.25, 0.3) is 6.01 Å². The lowest BCUT2D eigenvalue weighted by Crippen LogP contribution is -2.43. The SMILES string of the molecule is Cn1cc(-c2nccnc2CNC(=O)[C@@H]2CCCN2c2nc3ccccc3o2)cn1. The normalized spacial score (nSPS) is 16.3. The topological polar surface area (TPSA) is 102 Å². The molecular formula is C21H21N7O2. The number of aromatic nitrogens is 5. The molecule has 4 heterocycles. The van der Waals surface area contributed by atoms with Crippen LogP contribution in [0.1, 0.15) is 18.5 Å². The fourth-order valence-corrected chi connectivity index (χ4v) is 3.82. The molecule has 0 radical (unpaired) electrons. The summed E-state index contributed by atoms with van der Waals surface area (Å²) in [4.78, 5) is 28.3. The first-order chi connectivity index (χ1) is 14.7. The van der Waals surface area contributed by atoms with Crippen LogP contribution >= 0.6 is 0 Å². The van der Waals surface area contributed by atoms with Gasteiger partial charge >= 0.3 is 0 Å². The van der Waals surface area contributed by atoms with Gasteiger partial charge in [0.15, 0.2) is 5.58 Å². The Kier molecular flexibility index (Phi) is 4.62. The van der Waals surface area contributed by atoms with Gasteiger partial charge in [-0.15, -0.1) is 0 Å². The van der Waals surface area contributed by atoms with Crippen molar-refractivity contribution < 1.29 is 9.21 Å². The van der Waals surface area contributed by atoms with Gasteiger partial charge in [0.1, 0.15) is 11.6 Å². The van der Waals surface area contributed by atoms with E-state index in [0.29, 0.717) is 17.4 Å². The van der Waals surface area contributed by atoms with E-state index in [0.717, 1.165) is 36.0 Å². The summed E-state index contributed by atoms with van der Waals surface area (Å²) in [6.07, 6.45) is 8.53. The van der Waals surface area contributed by atoms with E-state index >= 15 is 0 Å². The number of hydrogen-bond acceptors (Lipinski definition) is 7. The molecule has 1 saturated heterocycles. The Morgan fingerprint density at radius 1 is 1.27 bits per heavy atom. The number of oxazole rings is 1. The summed E-state index contributed by atoms with van der Waals surface area (Å²) < 4.78 is 7.59. The van der Waals surface area contributed by atoms with Crippen LogP contribution in [0.4, 0.5) is 6.01 Å². The molecule has 152 valence electrons. The fourth-order valence-electron chi connectivity index (χ4n) is 3.82. The number of benzene rings is 1. The summed E-state index contributed by atoms with van der Waals surface area (Å²) in [5.41, 5.74) is 3.79. The molecule has 1 amide bonds. The average Bonchev–Trinajstić information content (AvgIpc) is 3.50. The van der Waals surface area contributed by atoms with Crippen molar-refractivity contribution in [1.82, 2.24) is 30.0 Å². The van der Waals surface area contributed by atoms with Crippen LogP contribution in [0.3, 0.4) is 0 Å². The lowest BCUT2D eigenvalue weighted by Gasteiger charge is -2.22. The number of aryl methyl sites for hydroxylation is 1. The van der Waals surface area contributed by atoms with Gasteiger partial charge in [0.05, 0.1) is 24.1 Å². The van der Waals surface area contributed by atoms with Crippen LogP contribution in [0, 0.1) is 0 Å². The first-order valence-electron chi connectivity index (χ1n) is 9.88. The second-order valence-corrected chi connectivity index (χ2v) is 7.29. The molecule has 0 saturated carbocycles. The van der Waals surface area contributed by atoms with Crippen molar-refractivity contribution >= 4 is 23.0 Å². The number of amides is 1. The van der Waals surface area contributed by atoms with Crippen LogP contribution in [0.15, 0.2) is 53.5 Å². The zero-order valence-electron chi connectivity index (χ0n) is 16.5. The van der Waals surface area contributed by atoms with Crippen LogP contribution < -0.4 is 10.2 Å². The van der Waals surface area contributed by atoms with Gasteiger partial charge in [0, 0.05) is 37.7 Å². The highest BCUT2D eigenvalue weighted by atomic mass is 16.4. The minimum Gasteiger partial charge on any atom is -0.423 e. The van der Waals surface area contributed by atoms with Gasteiger partial charge in [-0.3, -0.25) is 19.4 Å². The van der Waals surface area contributed by atoms with Crippen molar-refractivity contribution in [3.8, 4) is 11.3 Å². The van der Waals surface area contributed by atoms with Gasteiger partial charge in [-0.05, 0) is 25.0 Å². The second-order valence-electron chi connectivity index (χ2n) is 7.29. The first-order valence-corrected chi connectivity index (χ1v) is 9.88. The molecule has 1 aliphatic heterocycles. The Morgan fingerprint density at radius 2 is 2.13 bits per heavy atom. The summed E-state index contributed by atoms with van der Waals surface area (Å²) >= 11 is 0. The average molecular weight is 403 g/mol. The molecule has 9 nitrogen and oxygen atoms in total. The molecule has 0 spiro atoms. The zero-order valence-corrected chi connectivity index (χ0v) is 16.5. The maximum atomic E-state index is 13.0. The predicted octanol–water partition coefficient (Wildman–Crippen LogP) is 2.30. The number of fused-ring (bicyclic) bond motifs is 1. The summed E-state index contributed by atoms with van der Waals surface area (Å²) in [7, 11) is 1.85. The van der Waals surface area contributed by atoms with E-state index in [-0.39, 0.29) is 18.5 Å². The minimum absolute atomic E-state index is 0.0717. The van der Waals surface area contributed by atoms with Crippen LogP contribution in [0.2, 0.25) is 0 Å². The van der Waals surface area contributed by atoms with Gasteiger partial charge < -0.3 is 14.6 Å². The van der Waals surface area contributed by atoms with Crippen LogP contribution in [0.5, 0.6) is 0 Å². The molecule has 9 heteroatoms. The van der Waals surface area contributed by atoms with Crippen LogP contribution in [-0.4, -0.2) is 43.2 Å². The van der Waals surface area contributed by atoms with Crippen LogP contribution in [0.25, 0.3) is 22.4 Å². The van der Waals surface area contributed by atoms with E-state index < -0.39 is 0 Å². The third-order valence-corrected chi connectivity index (χ3v) is 5.27. The fraction of sp³-hybridized carbons (Fsp3) is 0.286. The van der Waals surface area contributed by atoms with Gasteiger partial charge in [-0.2, -0.15) is 10.1 Å². The maximum Gasteiger partial charge on any atom is 0.299 e. The first kappa shape index (κ1) is 18.3. The van der Waals surface area contributed by atoms with Crippen molar-refractivity contribution in [1.29, 1.82) is 0 Å². The highest BCUT2D eigenvalue weighted by Gasteiger charge is 2.33. The largest absolute Gasteiger partial charge is 0.423 e. The molecule has 3 aromatic heterocycles. The van der Waals surface area contributed by atoms with Gasteiger partial charge in [-0.1, -0.05) is 12.1 Å². The number of nitrogens with zero attached hydrogens (tertiary/aromatic N) is 6. The lowest BCUT2D eigenvalue weighted by molar-refractivity contribution is -0.122. The number of carbonyl (C=O) groups is 1. The highest BCUT2D eigenvalue weighted by molar-refractivity contribution is 5.86. The lowest BCUT2D eigenvalue weighted by atomic mass is 10.1.